The van der Waals surface area contributed by atoms with Gasteiger partial charge < -0.3 is 15.0 Å². The van der Waals surface area contributed by atoms with Gasteiger partial charge in [-0.25, -0.2) is 0 Å². The van der Waals surface area contributed by atoms with Crippen LogP contribution in [-0.4, -0.2) is 52.4 Å². The monoisotopic (exact) mass is 432 g/mol. The second kappa shape index (κ2) is 8.77. The zero-order valence-corrected chi connectivity index (χ0v) is 16.9. The van der Waals surface area contributed by atoms with Crippen LogP contribution in [0.15, 0.2) is 42.5 Å². The molecule has 1 fully saturated rings. The summed E-state index contributed by atoms with van der Waals surface area (Å²) in [5.74, 6) is 0.146. The van der Waals surface area contributed by atoms with E-state index in [0.717, 1.165) is 24.3 Å². The van der Waals surface area contributed by atoms with Gasteiger partial charge in [-0.05, 0) is 47.7 Å². The third-order valence-corrected chi connectivity index (χ3v) is 4.91. The average Bonchev–Trinajstić information content (AvgIpc) is 3.17. The molecule has 1 amide bonds. The zero-order chi connectivity index (χ0) is 20.2. The molecular weight excluding hydrogens is 415 g/mol. The van der Waals surface area contributed by atoms with Crippen LogP contribution in [0.2, 0.25) is 10.0 Å². The number of ether oxygens (including phenoxy) is 1. The molecule has 1 aliphatic heterocycles. The first-order chi connectivity index (χ1) is 14.1. The molecule has 0 aliphatic carbocycles. The van der Waals surface area contributed by atoms with Gasteiger partial charge in [0.25, 0.3) is 0 Å². The molecule has 1 aromatic heterocycles. The van der Waals surface area contributed by atoms with E-state index in [9.17, 15) is 4.79 Å². The van der Waals surface area contributed by atoms with Crippen LogP contribution in [0.25, 0.3) is 11.4 Å². The number of benzene rings is 2. The van der Waals surface area contributed by atoms with Crippen molar-refractivity contribution in [2.75, 3.05) is 36.5 Å². The molecule has 150 valence electrons. The number of amides is 1. The van der Waals surface area contributed by atoms with Crippen LogP contribution >= 0.6 is 23.2 Å². The maximum atomic E-state index is 12.6. The summed E-state index contributed by atoms with van der Waals surface area (Å²) in [7, 11) is 0. The van der Waals surface area contributed by atoms with E-state index in [-0.39, 0.29) is 12.5 Å². The van der Waals surface area contributed by atoms with Crippen molar-refractivity contribution in [2.45, 2.75) is 6.54 Å². The number of nitrogens with zero attached hydrogens (tertiary/aromatic N) is 5. The number of carbonyl (C=O) groups is 1. The van der Waals surface area contributed by atoms with E-state index in [1.807, 2.05) is 6.07 Å². The first-order valence-corrected chi connectivity index (χ1v) is 9.80. The Morgan fingerprint density at radius 2 is 1.79 bits per heavy atom. The molecule has 2 aromatic carbocycles. The highest BCUT2D eigenvalue weighted by molar-refractivity contribution is 6.31. The van der Waals surface area contributed by atoms with Gasteiger partial charge in [-0.15, -0.1) is 10.2 Å². The van der Waals surface area contributed by atoms with Crippen LogP contribution < -0.4 is 10.2 Å². The van der Waals surface area contributed by atoms with Gasteiger partial charge in [0.15, 0.2) is 0 Å². The summed E-state index contributed by atoms with van der Waals surface area (Å²) in [6, 6.07) is 12.5. The van der Waals surface area contributed by atoms with Crippen LogP contribution in [0.1, 0.15) is 0 Å². The number of tetrazole rings is 1. The maximum absolute atomic E-state index is 12.6. The zero-order valence-electron chi connectivity index (χ0n) is 15.4. The summed E-state index contributed by atoms with van der Waals surface area (Å²) in [5, 5.41) is 16.3. The lowest BCUT2D eigenvalue weighted by Gasteiger charge is -2.30. The molecule has 4 rings (SSSR count). The predicted octanol–water partition coefficient (Wildman–Crippen LogP) is 3.12. The molecule has 0 saturated carbocycles. The summed E-state index contributed by atoms with van der Waals surface area (Å²) < 4.78 is 5.40. The topological polar surface area (TPSA) is 85.2 Å². The molecule has 8 nitrogen and oxygen atoms in total. The quantitative estimate of drug-likeness (QED) is 0.666. The van der Waals surface area contributed by atoms with Crippen molar-refractivity contribution >= 4 is 40.5 Å². The Balaban J connectivity index is 1.46. The lowest BCUT2D eigenvalue weighted by atomic mass is 10.2. The molecule has 2 heterocycles. The molecule has 10 heteroatoms. The van der Waals surface area contributed by atoms with E-state index in [1.54, 1.807) is 36.4 Å². The van der Waals surface area contributed by atoms with E-state index < -0.39 is 0 Å². The molecule has 29 heavy (non-hydrogen) atoms. The third kappa shape index (κ3) is 4.84. The van der Waals surface area contributed by atoms with E-state index in [2.05, 4.69) is 25.6 Å². The third-order valence-electron chi connectivity index (χ3n) is 4.42. The van der Waals surface area contributed by atoms with Crippen molar-refractivity contribution in [3.8, 4) is 11.4 Å². The summed E-state index contributed by atoms with van der Waals surface area (Å²) in [4.78, 5) is 16.0. The summed E-state index contributed by atoms with van der Waals surface area (Å²) in [6.45, 7) is 2.72. The second-order valence-electron chi connectivity index (χ2n) is 6.46. The predicted molar refractivity (Wildman–Crippen MR) is 111 cm³/mol. The van der Waals surface area contributed by atoms with Crippen molar-refractivity contribution in [3.63, 3.8) is 0 Å². The molecule has 0 unspecified atom stereocenters. The van der Waals surface area contributed by atoms with Gasteiger partial charge in [-0.3, -0.25) is 4.79 Å². The van der Waals surface area contributed by atoms with E-state index >= 15 is 0 Å². The fourth-order valence-corrected chi connectivity index (χ4v) is 3.33. The number of hydrogen-bond acceptors (Lipinski definition) is 6. The van der Waals surface area contributed by atoms with Crippen LogP contribution in [-0.2, 0) is 16.1 Å². The van der Waals surface area contributed by atoms with Gasteiger partial charge in [-0.1, -0.05) is 23.2 Å². The highest BCUT2D eigenvalue weighted by Gasteiger charge is 2.17. The van der Waals surface area contributed by atoms with Gasteiger partial charge in [0.05, 0.1) is 24.6 Å². The van der Waals surface area contributed by atoms with E-state index in [4.69, 9.17) is 27.9 Å². The van der Waals surface area contributed by atoms with Crippen LogP contribution in [0.4, 0.5) is 11.4 Å². The molecule has 0 spiro atoms. The van der Waals surface area contributed by atoms with Gasteiger partial charge in [0.2, 0.25) is 11.7 Å². The number of anilines is 2. The minimum Gasteiger partial charge on any atom is -0.378 e. The van der Waals surface area contributed by atoms with Crippen LogP contribution in [0.3, 0.4) is 0 Å². The fourth-order valence-electron chi connectivity index (χ4n) is 3.03. The number of halogens is 2. The second-order valence-corrected chi connectivity index (χ2v) is 7.33. The summed E-state index contributed by atoms with van der Waals surface area (Å²) in [6.07, 6.45) is 0. The van der Waals surface area contributed by atoms with Gasteiger partial charge in [0.1, 0.15) is 6.54 Å². The highest BCUT2D eigenvalue weighted by atomic mass is 35.5. The fraction of sp³-hybridized carbons (Fsp3) is 0.263. The van der Waals surface area contributed by atoms with Crippen molar-refractivity contribution in [2.24, 2.45) is 0 Å². The highest BCUT2D eigenvalue weighted by Crippen LogP contribution is 2.30. The number of rotatable bonds is 5. The van der Waals surface area contributed by atoms with Crippen molar-refractivity contribution in [3.05, 3.63) is 52.5 Å². The molecule has 0 bridgehead atoms. The Labute approximate surface area is 177 Å². The molecule has 1 aliphatic rings. The minimum atomic E-state index is -0.276. The van der Waals surface area contributed by atoms with Gasteiger partial charge >= 0.3 is 0 Å². The number of hydrogen-bond donors (Lipinski definition) is 1. The molecule has 0 atom stereocenters. The summed E-state index contributed by atoms with van der Waals surface area (Å²) in [5.41, 5.74) is 2.31. The Bertz CT molecular complexity index is 1000. The normalized spacial score (nSPS) is 14.1. The van der Waals surface area contributed by atoms with Crippen molar-refractivity contribution < 1.29 is 9.53 Å². The summed E-state index contributed by atoms with van der Waals surface area (Å²) >= 11 is 12.0. The van der Waals surface area contributed by atoms with Gasteiger partial charge in [0, 0.05) is 28.7 Å². The smallest absolute Gasteiger partial charge is 0.248 e. The average molecular weight is 433 g/mol. The largest absolute Gasteiger partial charge is 0.378 e. The standard InChI is InChI=1S/C19H18Cl2N6O2/c20-14-3-1-13(2-4-14)19-23-25-27(24-19)12-18(28)22-16-11-15(21)5-6-17(16)26-7-9-29-10-8-26/h1-6,11H,7-10,12H2,(H,22,28). The Hall–Kier alpha value is -2.68. The Morgan fingerprint density at radius 1 is 1.07 bits per heavy atom. The number of nitrogens with one attached hydrogen (secondary N) is 1. The molecule has 1 saturated heterocycles. The van der Waals surface area contributed by atoms with Crippen LogP contribution in [0, 0.1) is 0 Å². The van der Waals surface area contributed by atoms with E-state index in [1.165, 1.54) is 4.80 Å². The Morgan fingerprint density at radius 3 is 2.55 bits per heavy atom. The number of aromatic nitrogens is 4. The lowest BCUT2D eigenvalue weighted by Crippen LogP contribution is -2.36. The van der Waals surface area contributed by atoms with Crippen LogP contribution in [0.5, 0.6) is 0 Å². The van der Waals surface area contributed by atoms with E-state index in [0.29, 0.717) is 34.8 Å². The molecular formula is C19H18Cl2N6O2. The first kappa shape index (κ1) is 19.6. The minimum absolute atomic E-state index is 0.0738. The Kier molecular flexibility index (Phi) is 5.94. The maximum Gasteiger partial charge on any atom is 0.248 e. The number of morpholine rings is 1. The lowest BCUT2D eigenvalue weighted by molar-refractivity contribution is -0.117. The molecule has 1 N–H and O–H groups in total. The SMILES string of the molecule is O=C(Cn1nnc(-c2ccc(Cl)cc2)n1)Nc1cc(Cl)ccc1N1CCOCC1. The van der Waals surface area contributed by atoms with Gasteiger partial charge in [-0.2, -0.15) is 4.80 Å². The van der Waals surface area contributed by atoms with Crippen molar-refractivity contribution in [1.29, 1.82) is 0 Å². The van der Waals surface area contributed by atoms with Crippen molar-refractivity contribution in [1.82, 2.24) is 20.2 Å². The molecule has 3 aromatic rings. The number of carbonyl (C=O) groups excluding carboxylic acids is 1. The first-order valence-electron chi connectivity index (χ1n) is 9.04. The molecule has 0 radical (unpaired) electrons.